The van der Waals surface area contributed by atoms with Crippen LogP contribution in [0.5, 0.6) is 5.75 Å². The van der Waals surface area contributed by atoms with E-state index in [-0.39, 0.29) is 12.3 Å². The van der Waals surface area contributed by atoms with Crippen molar-refractivity contribution in [2.75, 3.05) is 23.4 Å². The summed E-state index contributed by atoms with van der Waals surface area (Å²) in [5.41, 5.74) is -1.93. The van der Waals surface area contributed by atoms with Crippen LogP contribution in [-0.2, 0) is 15.7 Å². The maximum atomic E-state index is 13.5. The summed E-state index contributed by atoms with van der Waals surface area (Å²) < 4.78 is 90.7. The fraction of sp³-hybridized carbons (Fsp3) is 0.300. The highest BCUT2D eigenvalue weighted by atomic mass is 19.4. The van der Waals surface area contributed by atoms with Gasteiger partial charge in [-0.15, -0.1) is 0 Å². The molecule has 170 valence electrons. The Morgan fingerprint density at radius 3 is 2.41 bits per heavy atom. The minimum Gasteiger partial charge on any atom is -0.491 e. The van der Waals surface area contributed by atoms with Crippen LogP contribution in [0.25, 0.3) is 0 Å². The number of rotatable bonds is 6. The second-order valence-electron chi connectivity index (χ2n) is 6.74. The van der Waals surface area contributed by atoms with Gasteiger partial charge in [0.2, 0.25) is 12.6 Å². The molecule has 0 spiro atoms. The molecule has 6 nitrogen and oxygen atoms in total. The van der Waals surface area contributed by atoms with Crippen molar-refractivity contribution in [2.24, 2.45) is 0 Å². The van der Waals surface area contributed by atoms with E-state index in [0.717, 1.165) is 12.1 Å². The van der Waals surface area contributed by atoms with E-state index in [1.54, 1.807) is 0 Å². The third-order valence-electron chi connectivity index (χ3n) is 4.56. The third-order valence-corrected chi connectivity index (χ3v) is 4.56. The molecule has 1 N–H and O–H groups in total. The lowest BCUT2D eigenvalue weighted by atomic mass is 10.1. The number of nitriles is 1. The zero-order valence-electron chi connectivity index (χ0n) is 16.1. The van der Waals surface area contributed by atoms with Crippen LogP contribution >= 0.6 is 0 Å². The van der Waals surface area contributed by atoms with Crippen molar-refractivity contribution in [1.29, 1.82) is 5.26 Å². The number of nitrogens with zero attached hydrogens (tertiary/aromatic N) is 2. The maximum absolute atomic E-state index is 13.5. The number of anilines is 2. The first-order chi connectivity index (χ1) is 15.0. The van der Waals surface area contributed by atoms with Gasteiger partial charge in [-0.1, -0.05) is 0 Å². The van der Waals surface area contributed by atoms with Crippen LogP contribution < -0.4 is 15.0 Å². The predicted molar refractivity (Wildman–Crippen MR) is 99.8 cm³/mol. The molecule has 0 saturated carbocycles. The topological polar surface area (TPSA) is 74.6 Å². The molecule has 1 aliphatic rings. The minimum absolute atomic E-state index is 0.296. The molecule has 12 heteroatoms. The Labute approximate surface area is 177 Å². The number of halogens is 6. The molecule has 2 atom stereocenters. The highest BCUT2D eigenvalue weighted by Crippen LogP contribution is 2.39. The van der Waals surface area contributed by atoms with Gasteiger partial charge >= 0.3 is 12.4 Å². The minimum atomic E-state index is -4.91. The highest BCUT2D eigenvalue weighted by Gasteiger charge is 2.51. The molecule has 1 fully saturated rings. The molecule has 2 aromatic carbocycles. The van der Waals surface area contributed by atoms with Crippen LogP contribution in [0.3, 0.4) is 0 Å². The summed E-state index contributed by atoms with van der Waals surface area (Å²) in [6.45, 7) is -0.690. The SMILES string of the molecule is N#Cc1ccc(N2C[C@@H](COc3ccc(NC=O)cc3)O[C@@H]2C(F)(F)F)cc1C(F)(F)F. The number of hydrogen-bond donors (Lipinski definition) is 1. The number of nitrogens with one attached hydrogen (secondary N) is 1. The van der Waals surface area contributed by atoms with Gasteiger partial charge in [-0.25, -0.2) is 0 Å². The molecule has 0 aromatic heterocycles. The zero-order chi connectivity index (χ0) is 23.5. The number of carbonyl (C=O) groups excluding carboxylic acids is 1. The Kier molecular flexibility index (Phi) is 6.50. The summed E-state index contributed by atoms with van der Waals surface area (Å²) in [6.07, 6.45) is -12.9. The first-order valence-electron chi connectivity index (χ1n) is 9.06. The standard InChI is InChI=1S/C20H15F6N3O3/c21-19(22,23)17-7-14(4-1-12(17)8-27)29-9-16(32-18(29)20(24,25)26)10-31-15-5-2-13(3-6-15)28-11-30/h1-7,11,16,18H,9-10H2,(H,28,30)/t16-,18+/m0/s1. The van der Waals surface area contributed by atoms with E-state index in [0.29, 0.717) is 28.8 Å². The molecular formula is C20H15F6N3O3. The van der Waals surface area contributed by atoms with Gasteiger partial charge in [-0.3, -0.25) is 4.79 Å². The van der Waals surface area contributed by atoms with Crippen molar-refractivity contribution in [3.63, 3.8) is 0 Å². The van der Waals surface area contributed by atoms with Crippen molar-refractivity contribution < 1.29 is 40.6 Å². The monoisotopic (exact) mass is 459 g/mol. The molecule has 1 aliphatic heterocycles. The Morgan fingerprint density at radius 1 is 1.16 bits per heavy atom. The average molecular weight is 459 g/mol. The summed E-state index contributed by atoms with van der Waals surface area (Å²) in [6, 6.07) is 9.71. The Bertz CT molecular complexity index is 1000. The van der Waals surface area contributed by atoms with E-state index in [1.165, 1.54) is 30.3 Å². The second kappa shape index (κ2) is 8.96. The largest absolute Gasteiger partial charge is 0.491 e. The first kappa shape index (κ1) is 23.2. The normalized spacial score (nSPS) is 18.8. The van der Waals surface area contributed by atoms with Crippen LogP contribution in [0, 0.1) is 11.3 Å². The summed E-state index contributed by atoms with van der Waals surface area (Å²) in [4.78, 5) is 11.1. The fourth-order valence-electron chi connectivity index (χ4n) is 3.15. The smallest absolute Gasteiger partial charge is 0.433 e. The van der Waals surface area contributed by atoms with Gasteiger partial charge in [0, 0.05) is 11.4 Å². The third kappa shape index (κ3) is 5.23. The van der Waals surface area contributed by atoms with Crippen molar-refractivity contribution in [3.05, 3.63) is 53.6 Å². The van der Waals surface area contributed by atoms with Crippen molar-refractivity contribution in [3.8, 4) is 11.8 Å². The molecule has 1 saturated heterocycles. The van der Waals surface area contributed by atoms with Gasteiger partial charge in [0.05, 0.1) is 23.7 Å². The van der Waals surface area contributed by atoms with Gasteiger partial charge in [0.25, 0.3) is 0 Å². The van der Waals surface area contributed by atoms with Gasteiger partial charge < -0.3 is 19.7 Å². The van der Waals surface area contributed by atoms with Crippen LogP contribution in [0.15, 0.2) is 42.5 Å². The number of carbonyl (C=O) groups is 1. The molecule has 3 rings (SSSR count). The van der Waals surface area contributed by atoms with E-state index in [2.05, 4.69) is 5.32 Å². The molecule has 2 aromatic rings. The summed E-state index contributed by atoms with van der Waals surface area (Å²) >= 11 is 0. The van der Waals surface area contributed by atoms with E-state index in [9.17, 15) is 31.1 Å². The molecule has 32 heavy (non-hydrogen) atoms. The second-order valence-corrected chi connectivity index (χ2v) is 6.74. The van der Waals surface area contributed by atoms with E-state index in [4.69, 9.17) is 14.7 Å². The van der Waals surface area contributed by atoms with Gasteiger partial charge in [-0.2, -0.15) is 31.6 Å². The van der Waals surface area contributed by atoms with Crippen LogP contribution in [0.4, 0.5) is 37.7 Å². The number of hydrogen-bond acceptors (Lipinski definition) is 5. The molecule has 0 aliphatic carbocycles. The number of amides is 1. The van der Waals surface area contributed by atoms with Crippen molar-refractivity contribution >= 4 is 17.8 Å². The highest BCUT2D eigenvalue weighted by molar-refractivity contribution is 5.71. The first-order valence-corrected chi connectivity index (χ1v) is 9.06. The summed E-state index contributed by atoms with van der Waals surface area (Å²) in [5.74, 6) is 0.296. The lowest BCUT2D eigenvalue weighted by Crippen LogP contribution is -2.42. The van der Waals surface area contributed by atoms with Crippen molar-refractivity contribution in [1.82, 2.24) is 0 Å². The number of benzene rings is 2. The summed E-state index contributed by atoms with van der Waals surface area (Å²) in [5, 5.41) is 11.3. The zero-order valence-corrected chi connectivity index (χ0v) is 16.1. The van der Waals surface area contributed by atoms with Crippen LogP contribution in [-0.4, -0.2) is 38.1 Å². The molecule has 0 radical (unpaired) electrons. The van der Waals surface area contributed by atoms with E-state index < -0.39 is 42.4 Å². The summed E-state index contributed by atoms with van der Waals surface area (Å²) in [7, 11) is 0. The van der Waals surface area contributed by atoms with Crippen LogP contribution in [0.2, 0.25) is 0 Å². The lowest BCUT2D eigenvalue weighted by Gasteiger charge is -2.27. The predicted octanol–water partition coefficient (Wildman–Crippen LogP) is 4.32. The fourth-order valence-corrected chi connectivity index (χ4v) is 3.15. The number of ether oxygens (including phenoxy) is 2. The van der Waals surface area contributed by atoms with Crippen LogP contribution in [0.1, 0.15) is 11.1 Å². The lowest BCUT2D eigenvalue weighted by molar-refractivity contribution is -0.215. The maximum Gasteiger partial charge on any atom is 0.433 e. The Balaban J connectivity index is 1.79. The quantitative estimate of drug-likeness (QED) is 0.515. The average Bonchev–Trinajstić information content (AvgIpc) is 3.17. The molecule has 0 unspecified atom stereocenters. The molecule has 1 amide bonds. The molecule has 1 heterocycles. The Morgan fingerprint density at radius 2 is 1.84 bits per heavy atom. The van der Waals surface area contributed by atoms with Gasteiger partial charge in [0.15, 0.2) is 0 Å². The molecule has 0 bridgehead atoms. The molecular weight excluding hydrogens is 444 g/mol. The van der Waals surface area contributed by atoms with E-state index in [1.807, 2.05) is 0 Å². The van der Waals surface area contributed by atoms with E-state index >= 15 is 0 Å². The Hall–Kier alpha value is -3.46. The number of alkyl halides is 6. The van der Waals surface area contributed by atoms with Gasteiger partial charge in [-0.05, 0) is 42.5 Å². The van der Waals surface area contributed by atoms with Gasteiger partial charge in [0.1, 0.15) is 18.5 Å². The van der Waals surface area contributed by atoms with Crippen molar-refractivity contribution in [2.45, 2.75) is 24.7 Å².